The van der Waals surface area contributed by atoms with E-state index in [1.54, 1.807) is 0 Å². The molecule has 3 aromatic rings. The normalized spacial score (nSPS) is 11.8. The number of H-pyrrole nitrogens is 1. The number of nitrogens with one attached hydrogen (secondary N) is 1. The summed E-state index contributed by atoms with van der Waals surface area (Å²) >= 11 is 0. The van der Waals surface area contributed by atoms with E-state index in [9.17, 15) is 0 Å². The molecule has 0 atom stereocenters. The van der Waals surface area contributed by atoms with Gasteiger partial charge in [-0.15, -0.1) is 0 Å². The average molecular weight is 223 g/mol. The van der Waals surface area contributed by atoms with Crippen LogP contribution in [0.3, 0.4) is 0 Å². The minimum atomic E-state index is 0.543. The van der Waals surface area contributed by atoms with E-state index in [2.05, 4.69) is 62.2 Å². The summed E-state index contributed by atoms with van der Waals surface area (Å²) in [6, 6.07) is 13.2. The lowest BCUT2D eigenvalue weighted by Crippen LogP contribution is -1.84. The number of benzene rings is 2. The van der Waals surface area contributed by atoms with Gasteiger partial charge in [0.2, 0.25) is 0 Å². The number of aromatic nitrogens is 1. The predicted octanol–water partition coefficient (Wildman–Crippen LogP) is 4.75. The molecule has 0 aliphatic rings. The molecule has 1 heteroatoms. The molecule has 0 bridgehead atoms. The molecule has 0 fully saturated rings. The molecule has 1 N–H and O–H groups in total. The summed E-state index contributed by atoms with van der Waals surface area (Å²) in [7, 11) is 0. The Hall–Kier alpha value is -1.76. The molecule has 0 aliphatic heterocycles. The molecule has 0 aliphatic carbocycles. The van der Waals surface area contributed by atoms with Crippen molar-refractivity contribution < 1.29 is 0 Å². The van der Waals surface area contributed by atoms with Crippen molar-refractivity contribution in [1.82, 2.24) is 4.98 Å². The van der Waals surface area contributed by atoms with Crippen LogP contribution in [0.25, 0.3) is 21.7 Å². The zero-order valence-electron chi connectivity index (χ0n) is 10.5. The molecule has 0 saturated heterocycles. The topological polar surface area (TPSA) is 15.8 Å². The van der Waals surface area contributed by atoms with Crippen LogP contribution in [-0.2, 0) is 0 Å². The highest BCUT2D eigenvalue weighted by Crippen LogP contribution is 2.30. The molecule has 1 aromatic heterocycles. The summed E-state index contributed by atoms with van der Waals surface area (Å²) in [5, 5.41) is 4.06. The van der Waals surface area contributed by atoms with Gasteiger partial charge in [-0.25, -0.2) is 0 Å². The Morgan fingerprint density at radius 1 is 1.06 bits per heavy atom. The molecule has 0 amide bonds. The summed E-state index contributed by atoms with van der Waals surface area (Å²) in [6.45, 7) is 6.63. The predicted molar refractivity (Wildman–Crippen MR) is 74.6 cm³/mol. The van der Waals surface area contributed by atoms with Gasteiger partial charge in [-0.1, -0.05) is 38.1 Å². The second-order valence-electron chi connectivity index (χ2n) is 5.08. The quantitative estimate of drug-likeness (QED) is 0.612. The second-order valence-corrected chi connectivity index (χ2v) is 5.08. The Morgan fingerprint density at radius 2 is 1.88 bits per heavy atom. The molecular formula is C16H17N. The summed E-state index contributed by atoms with van der Waals surface area (Å²) in [5.74, 6) is 0.543. The number of fused-ring (bicyclic) bond motifs is 3. The molecule has 0 saturated carbocycles. The third-order valence-corrected chi connectivity index (χ3v) is 3.49. The van der Waals surface area contributed by atoms with E-state index < -0.39 is 0 Å². The number of aryl methyl sites for hydroxylation is 1. The highest BCUT2D eigenvalue weighted by Gasteiger charge is 2.08. The van der Waals surface area contributed by atoms with Crippen molar-refractivity contribution in [1.29, 1.82) is 0 Å². The van der Waals surface area contributed by atoms with Gasteiger partial charge >= 0.3 is 0 Å². The molecule has 3 rings (SSSR count). The Kier molecular flexibility index (Phi) is 2.22. The van der Waals surface area contributed by atoms with E-state index in [0.717, 1.165) is 0 Å². The van der Waals surface area contributed by atoms with Gasteiger partial charge in [-0.2, -0.15) is 0 Å². The molecule has 1 nitrogen and oxygen atoms in total. The average Bonchev–Trinajstić information content (AvgIpc) is 2.73. The number of rotatable bonds is 1. The molecule has 0 radical (unpaired) electrons. The summed E-state index contributed by atoms with van der Waals surface area (Å²) in [5.41, 5.74) is 3.91. The van der Waals surface area contributed by atoms with E-state index in [1.165, 1.54) is 32.9 Å². The van der Waals surface area contributed by atoms with E-state index >= 15 is 0 Å². The van der Waals surface area contributed by atoms with Crippen LogP contribution in [0.1, 0.15) is 31.0 Å². The second kappa shape index (κ2) is 3.63. The van der Waals surface area contributed by atoms with E-state index in [4.69, 9.17) is 0 Å². The first-order valence-electron chi connectivity index (χ1n) is 6.18. The third-order valence-electron chi connectivity index (χ3n) is 3.49. The zero-order chi connectivity index (χ0) is 12.0. The lowest BCUT2D eigenvalue weighted by atomic mass is 10.0. The standard InChI is InChI=1S/C16H17N/c1-10(2)15-9-13-14(17-15)8-7-12-6-4-5-11(3)16(12)13/h4-10,17H,1-3H3. The fourth-order valence-corrected chi connectivity index (χ4v) is 2.51. The van der Waals surface area contributed by atoms with Crippen LogP contribution in [-0.4, -0.2) is 4.98 Å². The monoisotopic (exact) mass is 223 g/mol. The van der Waals surface area contributed by atoms with Crippen molar-refractivity contribution in [2.24, 2.45) is 0 Å². The van der Waals surface area contributed by atoms with Crippen molar-refractivity contribution >= 4 is 21.7 Å². The highest BCUT2D eigenvalue weighted by atomic mass is 14.7. The number of hydrogen-bond donors (Lipinski definition) is 1. The Balaban J connectivity index is 2.46. The van der Waals surface area contributed by atoms with Gasteiger partial charge in [0.05, 0.1) is 0 Å². The zero-order valence-corrected chi connectivity index (χ0v) is 10.5. The van der Waals surface area contributed by atoms with E-state index in [1.807, 2.05) is 0 Å². The summed E-state index contributed by atoms with van der Waals surface area (Å²) in [6.07, 6.45) is 0. The fraction of sp³-hybridized carbons (Fsp3) is 0.250. The van der Waals surface area contributed by atoms with Gasteiger partial charge < -0.3 is 4.98 Å². The molecule has 2 aromatic carbocycles. The first-order chi connectivity index (χ1) is 8.16. The minimum Gasteiger partial charge on any atom is -0.358 e. The molecule has 1 heterocycles. The fourth-order valence-electron chi connectivity index (χ4n) is 2.51. The van der Waals surface area contributed by atoms with Gasteiger partial charge in [0.15, 0.2) is 0 Å². The van der Waals surface area contributed by atoms with Gasteiger partial charge in [0, 0.05) is 16.6 Å². The number of hydrogen-bond acceptors (Lipinski definition) is 0. The molecule has 0 unspecified atom stereocenters. The van der Waals surface area contributed by atoms with Crippen LogP contribution < -0.4 is 0 Å². The van der Waals surface area contributed by atoms with Crippen molar-refractivity contribution in [2.45, 2.75) is 26.7 Å². The van der Waals surface area contributed by atoms with Crippen molar-refractivity contribution in [2.75, 3.05) is 0 Å². The van der Waals surface area contributed by atoms with Gasteiger partial charge in [-0.05, 0) is 41.3 Å². The van der Waals surface area contributed by atoms with Gasteiger partial charge in [-0.3, -0.25) is 0 Å². The van der Waals surface area contributed by atoms with Crippen LogP contribution in [0.5, 0.6) is 0 Å². The molecule has 0 spiro atoms. The third kappa shape index (κ3) is 1.54. The highest BCUT2D eigenvalue weighted by molar-refractivity contribution is 6.08. The Labute approximate surface area is 101 Å². The first-order valence-corrected chi connectivity index (χ1v) is 6.18. The van der Waals surface area contributed by atoms with E-state index in [0.29, 0.717) is 5.92 Å². The van der Waals surface area contributed by atoms with Crippen LogP contribution in [0.4, 0.5) is 0 Å². The summed E-state index contributed by atoms with van der Waals surface area (Å²) in [4.78, 5) is 3.51. The first kappa shape index (κ1) is 10.4. The Morgan fingerprint density at radius 3 is 2.65 bits per heavy atom. The molecule has 17 heavy (non-hydrogen) atoms. The Bertz CT molecular complexity index is 689. The van der Waals surface area contributed by atoms with Crippen molar-refractivity contribution in [3.63, 3.8) is 0 Å². The minimum absolute atomic E-state index is 0.543. The van der Waals surface area contributed by atoms with Crippen LogP contribution in [0, 0.1) is 6.92 Å². The lowest BCUT2D eigenvalue weighted by Gasteiger charge is -2.02. The summed E-state index contributed by atoms with van der Waals surface area (Å²) < 4.78 is 0. The van der Waals surface area contributed by atoms with Crippen LogP contribution >= 0.6 is 0 Å². The maximum Gasteiger partial charge on any atom is 0.0462 e. The number of aromatic amines is 1. The van der Waals surface area contributed by atoms with Gasteiger partial charge in [0.25, 0.3) is 0 Å². The lowest BCUT2D eigenvalue weighted by molar-refractivity contribution is 0.836. The smallest absolute Gasteiger partial charge is 0.0462 e. The molecular weight excluding hydrogens is 206 g/mol. The van der Waals surface area contributed by atoms with Gasteiger partial charge in [0.1, 0.15) is 0 Å². The van der Waals surface area contributed by atoms with Crippen LogP contribution in [0.15, 0.2) is 36.4 Å². The maximum atomic E-state index is 3.51. The van der Waals surface area contributed by atoms with Crippen molar-refractivity contribution in [3.05, 3.63) is 47.7 Å². The van der Waals surface area contributed by atoms with Crippen LogP contribution in [0.2, 0.25) is 0 Å². The maximum absolute atomic E-state index is 3.51. The SMILES string of the molecule is Cc1cccc2ccc3[nH]c(C(C)C)cc3c12. The van der Waals surface area contributed by atoms with Crippen molar-refractivity contribution in [3.8, 4) is 0 Å². The van der Waals surface area contributed by atoms with E-state index in [-0.39, 0.29) is 0 Å². The molecule has 86 valence electrons. The largest absolute Gasteiger partial charge is 0.358 e.